The third-order valence-corrected chi connectivity index (χ3v) is 3.95. The SMILES string of the molecule is CN1CCN(c2cc3ccccc3c(=O)[nH]2)[C@H](CO)C1. The van der Waals surface area contributed by atoms with Gasteiger partial charge >= 0.3 is 0 Å². The van der Waals surface area contributed by atoms with Crippen LogP contribution >= 0.6 is 0 Å². The maximum atomic E-state index is 12.1. The number of aromatic nitrogens is 1. The molecule has 1 atom stereocenters. The third-order valence-electron chi connectivity index (χ3n) is 3.95. The first-order valence-corrected chi connectivity index (χ1v) is 6.87. The van der Waals surface area contributed by atoms with Gasteiger partial charge < -0.3 is 19.9 Å². The molecule has 2 aromatic rings. The number of aliphatic hydroxyl groups is 1. The number of hydrogen-bond acceptors (Lipinski definition) is 4. The minimum Gasteiger partial charge on any atom is -0.394 e. The maximum Gasteiger partial charge on any atom is 0.257 e. The van der Waals surface area contributed by atoms with Crippen molar-refractivity contribution in [1.82, 2.24) is 9.88 Å². The topological polar surface area (TPSA) is 59.6 Å². The van der Waals surface area contributed by atoms with Gasteiger partial charge in [-0.3, -0.25) is 4.79 Å². The number of pyridine rings is 1. The molecule has 0 bridgehead atoms. The number of fused-ring (bicyclic) bond motifs is 1. The van der Waals surface area contributed by atoms with E-state index in [-0.39, 0.29) is 18.2 Å². The Hall–Kier alpha value is -1.85. The number of hydrogen-bond donors (Lipinski definition) is 2. The first-order chi connectivity index (χ1) is 9.69. The predicted molar refractivity (Wildman–Crippen MR) is 80.3 cm³/mol. The number of anilines is 1. The molecule has 0 unspecified atom stereocenters. The van der Waals surface area contributed by atoms with Crippen molar-refractivity contribution in [1.29, 1.82) is 0 Å². The summed E-state index contributed by atoms with van der Waals surface area (Å²) in [6.45, 7) is 2.60. The molecule has 0 spiro atoms. The van der Waals surface area contributed by atoms with Gasteiger partial charge in [-0.15, -0.1) is 0 Å². The fourth-order valence-electron chi connectivity index (χ4n) is 2.84. The predicted octanol–water partition coefficient (Wildman–Crippen LogP) is 0.641. The zero-order valence-corrected chi connectivity index (χ0v) is 11.5. The molecule has 0 aliphatic carbocycles. The molecule has 106 valence electrons. The van der Waals surface area contributed by atoms with Gasteiger partial charge in [0.15, 0.2) is 0 Å². The smallest absolute Gasteiger partial charge is 0.257 e. The van der Waals surface area contributed by atoms with E-state index in [2.05, 4.69) is 14.8 Å². The molecule has 2 heterocycles. The minimum atomic E-state index is -0.0753. The van der Waals surface area contributed by atoms with Crippen LogP contribution in [0.15, 0.2) is 35.1 Å². The van der Waals surface area contributed by atoms with Gasteiger partial charge in [0.1, 0.15) is 5.82 Å². The van der Waals surface area contributed by atoms with Crippen LogP contribution in [-0.2, 0) is 0 Å². The molecular formula is C15H19N3O2. The van der Waals surface area contributed by atoms with Crippen LogP contribution in [0.2, 0.25) is 0 Å². The fraction of sp³-hybridized carbons (Fsp3) is 0.400. The highest BCUT2D eigenvalue weighted by Crippen LogP contribution is 2.20. The van der Waals surface area contributed by atoms with E-state index in [1.54, 1.807) is 0 Å². The van der Waals surface area contributed by atoms with Crippen LogP contribution in [0.3, 0.4) is 0 Å². The van der Waals surface area contributed by atoms with E-state index in [0.717, 1.165) is 30.8 Å². The molecular weight excluding hydrogens is 254 g/mol. The highest BCUT2D eigenvalue weighted by atomic mass is 16.3. The van der Waals surface area contributed by atoms with Crippen LogP contribution in [0, 0.1) is 0 Å². The van der Waals surface area contributed by atoms with Crippen LogP contribution in [0.25, 0.3) is 10.8 Å². The maximum absolute atomic E-state index is 12.1. The van der Waals surface area contributed by atoms with Gasteiger partial charge in [-0.25, -0.2) is 0 Å². The second kappa shape index (κ2) is 5.26. The summed E-state index contributed by atoms with van der Waals surface area (Å²) in [6.07, 6.45) is 0. The average molecular weight is 273 g/mol. The van der Waals surface area contributed by atoms with Crippen LogP contribution in [0.4, 0.5) is 5.82 Å². The number of aromatic amines is 1. The lowest BCUT2D eigenvalue weighted by Crippen LogP contribution is -2.54. The number of nitrogens with zero attached hydrogens (tertiary/aromatic N) is 2. The van der Waals surface area contributed by atoms with Crippen molar-refractivity contribution in [2.45, 2.75) is 6.04 Å². The second-order valence-corrected chi connectivity index (χ2v) is 5.36. The molecule has 1 aliphatic heterocycles. The third kappa shape index (κ3) is 2.30. The molecule has 0 saturated carbocycles. The monoisotopic (exact) mass is 273 g/mol. The van der Waals surface area contributed by atoms with Crippen molar-refractivity contribution < 1.29 is 5.11 Å². The lowest BCUT2D eigenvalue weighted by Gasteiger charge is -2.40. The molecule has 5 nitrogen and oxygen atoms in total. The summed E-state index contributed by atoms with van der Waals surface area (Å²) < 4.78 is 0. The molecule has 3 rings (SSSR count). The zero-order valence-electron chi connectivity index (χ0n) is 11.5. The number of piperazine rings is 1. The Kier molecular flexibility index (Phi) is 3.46. The van der Waals surface area contributed by atoms with E-state index in [0.29, 0.717) is 5.39 Å². The van der Waals surface area contributed by atoms with E-state index >= 15 is 0 Å². The van der Waals surface area contributed by atoms with Crippen molar-refractivity contribution in [3.63, 3.8) is 0 Å². The summed E-state index contributed by atoms with van der Waals surface area (Å²) in [5.41, 5.74) is -0.0753. The normalized spacial score (nSPS) is 20.5. The number of H-pyrrole nitrogens is 1. The summed E-state index contributed by atoms with van der Waals surface area (Å²) in [5, 5.41) is 11.2. The summed E-state index contributed by atoms with van der Waals surface area (Å²) >= 11 is 0. The van der Waals surface area contributed by atoms with E-state index in [1.807, 2.05) is 37.4 Å². The van der Waals surface area contributed by atoms with Gasteiger partial charge in [-0.1, -0.05) is 18.2 Å². The Morgan fingerprint density at radius 1 is 1.35 bits per heavy atom. The van der Waals surface area contributed by atoms with Gasteiger partial charge in [0.25, 0.3) is 5.56 Å². The number of benzene rings is 1. The highest BCUT2D eigenvalue weighted by Gasteiger charge is 2.25. The first kappa shape index (κ1) is 13.1. The molecule has 0 amide bonds. The molecule has 20 heavy (non-hydrogen) atoms. The lowest BCUT2D eigenvalue weighted by atomic mass is 10.1. The average Bonchev–Trinajstić information content (AvgIpc) is 2.47. The molecule has 1 aliphatic rings. The number of likely N-dealkylation sites (N-methyl/N-ethyl adjacent to an activating group) is 1. The van der Waals surface area contributed by atoms with Gasteiger partial charge in [0.05, 0.1) is 12.6 Å². The Balaban J connectivity index is 2.03. The first-order valence-electron chi connectivity index (χ1n) is 6.87. The quantitative estimate of drug-likeness (QED) is 0.843. The zero-order chi connectivity index (χ0) is 14.1. The lowest BCUT2D eigenvalue weighted by molar-refractivity contribution is 0.190. The van der Waals surface area contributed by atoms with Gasteiger partial charge in [-0.2, -0.15) is 0 Å². The molecule has 2 N–H and O–H groups in total. The van der Waals surface area contributed by atoms with Crippen molar-refractivity contribution in [2.24, 2.45) is 0 Å². The summed E-state index contributed by atoms with van der Waals surface area (Å²) in [5.74, 6) is 0.792. The molecule has 5 heteroatoms. The van der Waals surface area contributed by atoms with Gasteiger partial charge in [0, 0.05) is 25.0 Å². The van der Waals surface area contributed by atoms with Gasteiger partial charge in [0.2, 0.25) is 0 Å². The Labute approximate surface area is 117 Å². The van der Waals surface area contributed by atoms with Crippen molar-refractivity contribution in [2.75, 3.05) is 38.2 Å². The van der Waals surface area contributed by atoms with E-state index < -0.39 is 0 Å². The van der Waals surface area contributed by atoms with Crippen molar-refractivity contribution in [3.05, 3.63) is 40.7 Å². The Morgan fingerprint density at radius 3 is 2.95 bits per heavy atom. The molecule has 1 aromatic heterocycles. The standard InChI is InChI=1S/C15H19N3O2/c1-17-6-7-18(12(9-17)10-19)14-8-11-4-2-3-5-13(11)15(20)16-14/h2-5,8,12,19H,6-7,9-10H2,1H3,(H,16,20)/t12-/m0/s1. The number of aliphatic hydroxyl groups excluding tert-OH is 1. The van der Waals surface area contributed by atoms with E-state index in [1.165, 1.54) is 0 Å². The fourth-order valence-corrected chi connectivity index (χ4v) is 2.84. The summed E-state index contributed by atoms with van der Waals surface area (Å²) in [6, 6.07) is 9.57. The van der Waals surface area contributed by atoms with Crippen LogP contribution < -0.4 is 10.5 Å². The largest absolute Gasteiger partial charge is 0.394 e. The molecule has 1 aromatic carbocycles. The number of rotatable bonds is 2. The van der Waals surface area contributed by atoms with Crippen molar-refractivity contribution in [3.8, 4) is 0 Å². The summed E-state index contributed by atoms with van der Waals surface area (Å²) in [4.78, 5) is 19.4. The van der Waals surface area contributed by atoms with Crippen molar-refractivity contribution >= 4 is 16.6 Å². The van der Waals surface area contributed by atoms with Crippen LogP contribution in [0.5, 0.6) is 0 Å². The number of nitrogens with one attached hydrogen (secondary N) is 1. The molecule has 1 fully saturated rings. The van der Waals surface area contributed by atoms with Crippen LogP contribution in [0.1, 0.15) is 0 Å². The molecule has 1 saturated heterocycles. The Morgan fingerprint density at radius 2 is 2.15 bits per heavy atom. The van der Waals surface area contributed by atoms with E-state index in [4.69, 9.17) is 0 Å². The second-order valence-electron chi connectivity index (χ2n) is 5.36. The van der Waals surface area contributed by atoms with Gasteiger partial charge in [-0.05, 0) is 24.6 Å². The highest BCUT2D eigenvalue weighted by molar-refractivity contribution is 5.83. The summed E-state index contributed by atoms with van der Waals surface area (Å²) in [7, 11) is 2.04. The van der Waals surface area contributed by atoms with E-state index in [9.17, 15) is 9.90 Å². The molecule has 0 radical (unpaired) electrons. The minimum absolute atomic E-state index is 0.0190. The Bertz CT molecular complexity index is 667. The van der Waals surface area contributed by atoms with Crippen LogP contribution in [-0.4, -0.2) is 54.3 Å².